The molecule has 3 fully saturated rings. The average Bonchev–Trinajstić information content (AvgIpc) is 2.76. The van der Waals surface area contributed by atoms with E-state index in [1.807, 2.05) is 47.2 Å². The second-order valence-corrected chi connectivity index (χ2v) is 7.99. The minimum Gasteiger partial charge on any atom is -0.368 e. The fourth-order valence-electron chi connectivity index (χ4n) is 5.03. The van der Waals surface area contributed by atoms with Gasteiger partial charge in [0.25, 0.3) is 5.91 Å². The molecule has 1 aromatic carbocycles. The number of ether oxygens (including phenoxy) is 2. The Labute approximate surface area is 166 Å². The van der Waals surface area contributed by atoms with E-state index in [1.54, 1.807) is 7.11 Å². The number of likely N-dealkylation sites (N-methyl/N-ethyl adjacent to an activating group) is 1. The fourth-order valence-corrected chi connectivity index (χ4v) is 5.03. The number of nitrogens with zero attached hydrogens (tertiary/aromatic N) is 2. The fraction of sp³-hybridized carbons (Fsp3) is 0.619. The highest BCUT2D eigenvalue weighted by atomic mass is 16.5. The summed E-state index contributed by atoms with van der Waals surface area (Å²) in [5, 5.41) is 3.30. The van der Waals surface area contributed by atoms with Crippen LogP contribution in [0, 0.1) is 0 Å². The van der Waals surface area contributed by atoms with E-state index in [-0.39, 0.29) is 24.5 Å². The molecular weight excluding hydrogens is 358 g/mol. The molecule has 0 aliphatic carbocycles. The van der Waals surface area contributed by atoms with Gasteiger partial charge >= 0.3 is 0 Å². The lowest BCUT2D eigenvalue weighted by molar-refractivity contribution is -0.190. The number of morpholine rings is 1. The molecule has 7 heteroatoms. The van der Waals surface area contributed by atoms with E-state index in [4.69, 9.17) is 9.47 Å². The molecule has 0 aromatic heterocycles. The number of likely N-dealkylation sites (tertiary alicyclic amines) is 1. The number of hydrogen-bond donors (Lipinski definition) is 1. The molecule has 0 saturated carbocycles. The van der Waals surface area contributed by atoms with Crippen LogP contribution in [0.25, 0.3) is 0 Å². The Balaban J connectivity index is 1.62. The van der Waals surface area contributed by atoms with Crippen molar-refractivity contribution in [1.29, 1.82) is 0 Å². The summed E-state index contributed by atoms with van der Waals surface area (Å²) in [5.41, 5.74) is -0.234. The van der Waals surface area contributed by atoms with Crippen LogP contribution in [0.1, 0.15) is 24.8 Å². The molecular formula is C21H29N3O4. The lowest BCUT2D eigenvalue weighted by Gasteiger charge is -2.55. The molecule has 0 bridgehead atoms. The molecule has 1 aromatic rings. The highest BCUT2D eigenvalue weighted by molar-refractivity contribution is 5.86. The molecule has 2 atom stereocenters. The third kappa shape index (κ3) is 2.93. The van der Waals surface area contributed by atoms with Gasteiger partial charge in [-0.05, 0) is 37.9 Å². The quantitative estimate of drug-likeness (QED) is 0.828. The van der Waals surface area contributed by atoms with Gasteiger partial charge in [-0.3, -0.25) is 9.59 Å². The minimum atomic E-state index is -0.756. The summed E-state index contributed by atoms with van der Waals surface area (Å²) in [6, 6.07) is 10.0. The smallest absolute Gasteiger partial charge is 0.254 e. The first-order chi connectivity index (χ1) is 13.5. The van der Waals surface area contributed by atoms with Crippen molar-refractivity contribution < 1.29 is 19.1 Å². The number of hydrogen-bond acceptors (Lipinski definition) is 5. The van der Waals surface area contributed by atoms with Gasteiger partial charge in [-0.2, -0.15) is 0 Å². The molecule has 4 rings (SSSR count). The molecule has 3 aliphatic heterocycles. The van der Waals surface area contributed by atoms with E-state index in [9.17, 15) is 9.59 Å². The summed E-state index contributed by atoms with van der Waals surface area (Å²) in [6.45, 7) is 2.64. The van der Waals surface area contributed by atoms with Crippen LogP contribution in [0.5, 0.6) is 0 Å². The first-order valence-electron chi connectivity index (χ1n) is 10.0. The molecule has 0 spiro atoms. The van der Waals surface area contributed by atoms with E-state index >= 15 is 0 Å². The van der Waals surface area contributed by atoms with Crippen molar-refractivity contribution in [3.05, 3.63) is 35.9 Å². The first kappa shape index (κ1) is 19.4. The second kappa shape index (κ2) is 7.46. The Morgan fingerprint density at radius 2 is 1.93 bits per heavy atom. The van der Waals surface area contributed by atoms with Gasteiger partial charge in [-0.1, -0.05) is 30.3 Å². The average molecular weight is 387 g/mol. The normalized spacial score (nSPS) is 30.1. The predicted molar refractivity (Wildman–Crippen MR) is 104 cm³/mol. The van der Waals surface area contributed by atoms with E-state index in [2.05, 4.69) is 5.32 Å². The number of amides is 2. The third-order valence-corrected chi connectivity index (χ3v) is 6.81. The van der Waals surface area contributed by atoms with Crippen LogP contribution in [0.4, 0.5) is 0 Å². The third-order valence-electron chi connectivity index (χ3n) is 6.81. The van der Waals surface area contributed by atoms with Crippen LogP contribution in [-0.2, 0) is 24.6 Å². The van der Waals surface area contributed by atoms with Gasteiger partial charge in [0.15, 0.2) is 0 Å². The number of rotatable bonds is 3. The van der Waals surface area contributed by atoms with Crippen molar-refractivity contribution >= 4 is 11.8 Å². The zero-order chi connectivity index (χ0) is 19.8. The standard InChI is InChI=1S/C21H29N3O4/c1-23-18(25)15-28-17-14-24(19(26)20(27-2)8-11-22-12-9-20)13-10-21(17,23)16-6-4-3-5-7-16/h3-7,17,22H,8-15H2,1-2H3/t17-,21+/m1/s1. The zero-order valence-corrected chi connectivity index (χ0v) is 16.6. The number of methoxy groups -OCH3 is 1. The summed E-state index contributed by atoms with van der Waals surface area (Å²) in [7, 11) is 3.48. The van der Waals surface area contributed by atoms with Crippen molar-refractivity contribution in [2.75, 3.05) is 46.9 Å². The topological polar surface area (TPSA) is 71.1 Å². The summed E-state index contributed by atoms with van der Waals surface area (Å²) in [4.78, 5) is 29.6. The van der Waals surface area contributed by atoms with Gasteiger partial charge in [-0.15, -0.1) is 0 Å². The van der Waals surface area contributed by atoms with Gasteiger partial charge in [0.1, 0.15) is 18.3 Å². The maximum absolute atomic E-state index is 13.4. The Morgan fingerprint density at radius 1 is 1.21 bits per heavy atom. The molecule has 152 valence electrons. The summed E-state index contributed by atoms with van der Waals surface area (Å²) in [5.74, 6) is 0.0212. The number of carbonyl (C=O) groups is 2. The van der Waals surface area contributed by atoms with Crippen LogP contribution >= 0.6 is 0 Å². The van der Waals surface area contributed by atoms with Crippen LogP contribution in [-0.4, -0.2) is 80.3 Å². The highest BCUT2D eigenvalue weighted by Crippen LogP contribution is 2.43. The van der Waals surface area contributed by atoms with E-state index in [1.165, 1.54) is 0 Å². The number of piperidine rings is 2. The number of carbonyl (C=O) groups excluding carboxylic acids is 2. The van der Waals surface area contributed by atoms with Crippen molar-refractivity contribution in [3.63, 3.8) is 0 Å². The van der Waals surface area contributed by atoms with Crippen molar-refractivity contribution in [2.24, 2.45) is 0 Å². The predicted octanol–water partition coefficient (Wildman–Crippen LogP) is 0.740. The van der Waals surface area contributed by atoms with E-state index < -0.39 is 11.1 Å². The van der Waals surface area contributed by atoms with E-state index in [0.717, 1.165) is 18.7 Å². The van der Waals surface area contributed by atoms with E-state index in [0.29, 0.717) is 32.4 Å². The lowest BCUT2D eigenvalue weighted by Crippen LogP contribution is -2.69. The van der Waals surface area contributed by atoms with Crippen molar-refractivity contribution in [3.8, 4) is 0 Å². The maximum Gasteiger partial charge on any atom is 0.254 e. The van der Waals surface area contributed by atoms with Crippen LogP contribution in [0.2, 0.25) is 0 Å². The van der Waals surface area contributed by atoms with Gasteiger partial charge in [0.2, 0.25) is 5.91 Å². The SMILES string of the molecule is COC1(C(=O)N2CC[C@]3(c4ccccc4)[C@@H](C2)OCC(=O)N3C)CCNCC1. The highest BCUT2D eigenvalue weighted by Gasteiger charge is 2.55. The number of benzene rings is 1. The Bertz CT molecular complexity index is 734. The number of fused-ring (bicyclic) bond motifs is 1. The molecule has 0 radical (unpaired) electrons. The van der Waals surface area contributed by atoms with Gasteiger partial charge in [0, 0.05) is 27.2 Å². The lowest BCUT2D eigenvalue weighted by atomic mass is 9.75. The Hall–Kier alpha value is -1.96. The Kier molecular flexibility index (Phi) is 5.16. The van der Waals surface area contributed by atoms with Gasteiger partial charge in [0.05, 0.1) is 5.54 Å². The monoisotopic (exact) mass is 387 g/mol. The molecule has 7 nitrogen and oxygen atoms in total. The second-order valence-electron chi connectivity index (χ2n) is 7.99. The largest absolute Gasteiger partial charge is 0.368 e. The van der Waals surface area contributed by atoms with Crippen molar-refractivity contribution in [2.45, 2.75) is 36.5 Å². The molecule has 1 N–H and O–H groups in total. The van der Waals surface area contributed by atoms with Crippen LogP contribution < -0.4 is 5.32 Å². The van der Waals surface area contributed by atoms with Crippen molar-refractivity contribution in [1.82, 2.24) is 15.1 Å². The number of nitrogens with one attached hydrogen (secondary N) is 1. The molecule has 3 saturated heterocycles. The summed E-state index contributed by atoms with van der Waals surface area (Å²) in [6.07, 6.45) is 1.73. The minimum absolute atomic E-state index is 0.0217. The zero-order valence-electron chi connectivity index (χ0n) is 16.6. The molecule has 0 unspecified atom stereocenters. The van der Waals surface area contributed by atoms with Crippen LogP contribution in [0.15, 0.2) is 30.3 Å². The molecule has 3 aliphatic rings. The molecule has 28 heavy (non-hydrogen) atoms. The van der Waals surface area contributed by atoms with Gasteiger partial charge in [-0.25, -0.2) is 0 Å². The maximum atomic E-state index is 13.4. The first-order valence-corrected chi connectivity index (χ1v) is 10.0. The summed E-state index contributed by atoms with van der Waals surface area (Å²) >= 11 is 0. The van der Waals surface area contributed by atoms with Crippen LogP contribution in [0.3, 0.4) is 0 Å². The molecule has 3 heterocycles. The molecule has 2 amide bonds. The summed E-state index contributed by atoms with van der Waals surface area (Å²) < 4.78 is 11.8. The Morgan fingerprint density at radius 3 is 2.61 bits per heavy atom. The van der Waals surface area contributed by atoms with Gasteiger partial charge < -0.3 is 24.6 Å².